The van der Waals surface area contributed by atoms with Gasteiger partial charge in [0, 0.05) is 11.8 Å². The molecule has 148 valence electrons. The smallest absolute Gasteiger partial charge is 0.270 e. The van der Waals surface area contributed by atoms with E-state index in [9.17, 15) is 14.7 Å². The third kappa shape index (κ3) is 3.89. The van der Waals surface area contributed by atoms with E-state index in [0.29, 0.717) is 22.7 Å². The number of pyridine rings is 1. The fourth-order valence-electron chi connectivity index (χ4n) is 2.85. The Kier molecular flexibility index (Phi) is 5.23. The molecular formula is C22H15N3O4S. The molecule has 2 N–H and O–H groups in total. The first-order valence-electron chi connectivity index (χ1n) is 8.90. The Bertz CT molecular complexity index is 1160. The number of para-hydroxylation sites is 1. The van der Waals surface area contributed by atoms with Gasteiger partial charge < -0.3 is 9.84 Å². The number of carbonyl (C=O) groups excluding carboxylic acids is 2. The molecule has 8 heteroatoms. The molecule has 4 rings (SSSR count). The van der Waals surface area contributed by atoms with E-state index in [2.05, 4.69) is 10.3 Å². The molecule has 3 aromatic rings. The first-order valence-corrected chi connectivity index (χ1v) is 9.31. The van der Waals surface area contributed by atoms with Crippen molar-refractivity contribution in [3.05, 3.63) is 84.2 Å². The van der Waals surface area contributed by atoms with Crippen LogP contribution in [0.25, 0.3) is 6.08 Å². The number of aromatic nitrogens is 1. The van der Waals surface area contributed by atoms with E-state index in [0.717, 1.165) is 0 Å². The average Bonchev–Trinajstić information content (AvgIpc) is 2.74. The summed E-state index contributed by atoms with van der Waals surface area (Å²) in [7, 11) is 0. The lowest BCUT2D eigenvalue weighted by Crippen LogP contribution is -2.54. The van der Waals surface area contributed by atoms with Crippen molar-refractivity contribution in [1.29, 1.82) is 0 Å². The zero-order valence-electron chi connectivity index (χ0n) is 15.5. The number of amides is 2. The lowest BCUT2D eigenvalue weighted by Gasteiger charge is -2.29. The number of anilines is 1. The Labute approximate surface area is 177 Å². The van der Waals surface area contributed by atoms with Crippen LogP contribution in [-0.4, -0.2) is 27.0 Å². The molecule has 0 saturated carbocycles. The second-order valence-corrected chi connectivity index (χ2v) is 6.69. The Morgan fingerprint density at radius 1 is 1.00 bits per heavy atom. The number of rotatable bonds is 4. The van der Waals surface area contributed by atoms with Crippen LogP contribution in [0.15, 0.2) is 78.6 Å². The summed E-state index contributed by atoms with van der Waals surface area (Å²) in [5.74, 6) is -0.114. The minimum absolute atomic E-state index is 0.0298. The van der Waals surface area contributed by atoms with Crippen LogP contribution in [0.3, 0.4) is 0 Å². The van der Waals surface area contributed by atoms with Crippen molar-refractivity contribution >= 4 is 40.9 Å². The number of nitrogens with zero attached hydrogens (tertiary/aromatic N) is 2. The van der Waals surface area contributed by atoms with E-state index < -0.39 is 11.8 Å². The van der Waals surface area contributed by atoms with E-state index in [-0.39, 0.29) is 16.4 Å². The van der Waals surface area contributed by atoms with Gasteiger partial charge in [-0.05, 0) is 60.8 Å². The largest absolute Gasteiger partial charge is 0.506 e. The van der Waals surface area contributed by atoms with Crippen molar-refractivity contribution in [2.45, 2.75) is 0 Å². The van der Waals surface area contributed by atoms with Crippen molar-refractivity contribution in [3.63, 3.8) is 0 Å². The predicted octanol–water partition coefficient (Wildman–Crippen LogP) is 3.41. The van der Waals surface area contributed by atoms with Crippen LogP contribution >= 0.6 is 12.2 Å². The Hall–Kier alpha value is -4.04. The Morgan fingerprint density at radius 2 is 1.70 bits per heavy atom. The highest BCUT2D eigenvalue weighted by Gasteiger charge is 2.34. The topological polar surface area (TPSA) is 91.8 Å². The molecule has 0 unspecified atom stereocenters. The standard InChI is InChI=1S/C22H15N3O4S/c26-19-13-23-11-10-14(19)12-18-20(27)24-22(30)25(21(18)28)15-6-8-17(9-7-15)29-16-4-2-1-3-5-16/h1-13,26H,(H,24,27,30)/b18-12+. The zero-order chi connectivity index (χ0) is 21.1. The number of thiocarbonyl (C=S) groups is 1. The molecule has 0 atom stereocenters. The normalized spacial score (nSPS) is 15.3. The maximum Gasteiger partial charge on any atom is 0.270 e. The molecule has 0 aliphatic carbocycles. The fourth-order valence-corrected chi connectivity index (χ4v) is 3.14. The Balaban J connectivity index is 1.61. The number of carbonyl (C=O) groups is 2. The quantitative estimate of drug-likeness (QED) is 0.384. The van der Waals surface area contributed by atoms with E-state index in [1.165, 1.54) is 29.4 Å². The number of ether oxygens (including phenoxy) is 1. The molecule has 7 nitrogen and oxygen atoms in total. The molecule has 30 heavy (non-hydrogen) atoms. The molecule has 1 saturated heterocycles. The van der Waals surface area contributed by atoms with Gasteiger partial charge in [0.15, 0.2) is 5.11 Å². The number of benzene rings is 2. The maximum absolute atomic E-state index is 13.0. The van der Waals surface area contributed by atoms with Crippen LogP contribution < -0.4 is 15.0 Å². The van der Waals surface area contributed by atoms with Crippen molar-refractivity contribution in [1.82, 2.24) is 10.3 Å². The Morgan fingerprint density at radius 3 is 2.40 bits per heavy atom. The summed E-state index contributed by atoms with van der Waals surface area (Å²) in [6, 6.07) is 17.5. The van der Waals surface area contributed by atoms with Crippen LogP contribution in [0.1, 0.15) is 5.56 Å². The maximum atomic E-state index is 13.0. The molecule has 2 heterocycles. The summed E-state index contributed by atoms with van der Waals surface area (Å²) in [4.78, 5) is 30.3. The van der Waals surface area contributed by atoms with E-state index in [4.69, 9.17) is 17.0 Å². The van der Waals surface area contributed by atoms with Gasteiger partial charge in [-0.25, -0.2) is 0 Å². The van der Waals surface area contributed by atoms with Gasteiger partial charge >= 0.3 is 0 Å². The predicted molar refractivity (Wildman–Crippen MR) is 115 cm³/mol. The van der Waals surface area contributed by atoms with Gasteiger partial charge in [-0.2, -0.15) is 0 Å². The van der Waals surface area contributed by atoms with Crippen molar-refractivity contribution in [2.24, 2.45) is 0 Å². The van der Waals surface area contributed by atoms with Gasteiger partial charge in [-0.1, -0.05) is 18.2 Å². The highest BCUT2D eigenvalue weighted by Crippen LogP contribution is 2.27. The molecule has 0 spiro atoms. The van der Waals surface area contributed by atoms with E-state index in [1.807, 2.05) is 30.3 Å². The number of hydrogen-bond donors (Lipinski definition) is 2. The van der Waals surface area contributed by atoms with Crippen molar-refractivity contribution in [2.75, 3.05) is 4.90 Å². The second-order valence-electron chi connectivity index (χ2n) is 6.30. The van der Waals surface area contributed by atoms with Crippen LogP contribution in [0.4, 0.5) is 5.69 Å². The minimum Gasteiger partial charge on any atom is -0.506 e. The lowest BCUT2D eigenvalue weighted by atomic mass is 10.1. The molecule has 2 amide bonds. The van der Waals surface area contributed by atoms with Crippen LogP contribution in [0, 0.1) is 0 Å². The fraction of sp³-hybridized carbons (Fsp3) is 0. The van der Waals surface area contributed by atoms with Crippen LogP contribution in [-0.2, 0) is 9.59 Å². The van der Waals surface area contributed by atoms with Crippen molar-refractivity contribution in [3.8, 4) is 17.2 Å². The summed E-state index contributed by atoms with van der Waals surface area (Å²) in [5.41, 5.74) is 0.604. The van der Waals surface area contributed by atoms with E-state index >= 15 is 0 Å². The highest BCUT2D eigenvalue weighted by molar-refractivity contribution is 7.80. The molecule has 1 aliphatic rings. The van der Waals surface area contributed by atoms with Gasteiger partial charge in [0.1, 0.15) is 22.8 Å². The molecule has 2 aromatic carbocycles. The molecule has 1 fully saturated rings. The molecule has 1 aromatic heterocycles. The first kappa shape index (κ1) is 19.3. The monoisotopic (exact) mass is 417 g/mol. The average molecular weight is 417 g/mol. The molecule has 1 aliphatic heterocycles. The number of hydrogen-bond acceptors (Lipinski definition) is 6. The summed E-state index contributed by atoms with van der Waals surface area (Å²) >= 11 is 5.20. The second kappa shape index (κ2) is 8.14. The summed E-state index contributed by atoms with van der Waals surface area (Å²) in [5, 5.41) is 12.4. The third-order valence-electron chi connectivity index (χ3n) is 4.31. The molecular weight excluding hydrogens is 402 g/mol. The summed E-state index contributed by atoms with van der Waals surface area (Å²) < 4.78 is 5.75. The SMILES string of the molecule is O=C1NC(=S)N(c2ccc(Oc3ccccc3)cc2)C(=O)/C1=C/c1ccncc1O. The van der Waals surface area contributed by atoms with Gasteiger partial charge in [0.25, 0.3) is 11.8 Å². The van der Waals surface area contributed by atoms with Crippen LogP contribution in [0.2, 0.25) is 0 Å². The number of aromatic hydroxyl groups is 1. The molecule has 0 radical (unpaired) electrons. The number of nitrogens with one attached hydrogen (secondary N) is 1. The summed E-state index contributed by atoms with van der Waals surface area (Å²) in [6.45, 7) is 0. The zero-order valence-corrected chi connectivity index (χ0v) is 16.3. The van der Waals surface area contributed by atoms with Gasteiger partial charge in [0.05, 0.1) is 11.9 Å². The lowest BCUT2D eigenvalue weighted by molar-refractivity contribution is -0.122. The minimum atomic E-state index is -0.638. The van der Waals surface area contributed by atoms with E-state index in [1.54, 1.807) is 24.3 Å². The third-order valence-corrected chi connectivity index (χ3v) is 4.59. The van der Waals surface area contributed by atoms with Gasteiger partial charge in [-0.15, -0.1) is 0 Å². The first-order chi connectivity index (χ1) is 14.5. The summed E-state index contributed by atoms with van der Waals surface area (Å²) in [6.07, 6.45) is 3.98. The van der Waals surface area contributed by atoms with Crippen molar-refractivity contribution < 1.29 is 19.4 Å². The highest BCUT2D eigenvalue weighted by atomic mass is 32.1. The molecule has 0 bridgehead atoms. The van der Waals surface area contributed by atoms with Gasteiger partial charge in [0.2, 0.25) is 0 Å². The van der Waals surface area contributed by atoms with Crippen LogP contribution in [0.5, 0.6) is 17.2 Å². The van der Waals surface area contributed by atoms with Gasteiger partial charge in [-0.3, -0.25) is 24.8 Å².